The van der Waals surface area contributed by atoms with Gasteiger partial charge in [-0.05, 0) is 38.5 Å². The number of hydrogen-bond donors (Lipinski definition) is 0. The van der Waals surface area contributed by atoms with Gasteiger partial charge in [-0.1, -0.05) is 13.8 Å². The Morgan fingerprint density at radius 3 is 2.17 bits per heavy atom. The summed E-state index contributed by atoms with van der Waals surface area (Å²) in [5.41, 5.74) is 0. The number of esters is 2. The van der Waals surface area contributed by atoms with Crippen molar-refractivity contribution in [1.29, 1.82) is 0 Å². The predicted octanol–water partition coefficient (Wildman–Crippen LogP) is 2.84. The maximum absolute atomic E-state index is 11.5. The fourth-order valence-electron chi connectivity index (χ4n) is 1.86. The first-order valence-electron chi connectivity index (χ1n) is 6.88. The quantitative estimate of drug-likeness (QED) is 0.686. The summed E-state index contributed by atoms with van der Waals surface area (Å²) in [7, 11) is 0. The van der Waals surface area contributed by atoms with Crippen LogP contribution in [0.5, 0.6) is 0 Å². The lowest BCUT2D eigenvalue weighted by atomic mass is 10.1. The van der Waals surface area contributed by atoms with Gasteiger partial charge in [0.05, 0.1) is 12.8 Å². The van der Waals surface area contributed by atoms with Gasteiger partial charge in [-0.25, -0.2) is 0 Å². The van der Waals surface area contributed by atoms with Crippen LogP contribution in [-0.4, -0.2) is 24.1 Å². The largest absolute Gasteiger partial charge is 0.462 e. The monoisotopic (exact) mass is 256 g/mol. The zero-order chi connectivity index (χ0) is 13.5. The van der Waals surface area contributed by atoms with Crippen LogP contribution in [0, 0.1) is 5.92 Å². The van der Waals surface area contributed by atoms with Gasteiger partial charge in [0.15, 0.2) is 0 Å². The zero-order valence-corrected chi connectivity index (χ0v) is 11.6. The highest BCUT2D eigenvalue weighted by molar-refractivity contribution is 5.77. The van der Waals surface area contributed by atoms with Crippen molar-refractivity contribution in [2.24, 2.45) is 5.92 Å². The molecule has 1 atom stereocenters. The molecule has 1 fully saturated rings. The summed E-state index contributed by atoms with van der Waals surface area (Å²) in [5, 5.41) is 0. The Balaban J connectivity index is 2.15. The molecule has 0 N–H and O–H groups in total. The van der Waals surface area contributed by atoms with Gasteiger partial charge in [0.2, 0.25) is 0 Å². The molecule has 0 aromatic rings. The molecule has 0 bridgehead atoms. The second kappa shape index (κ2) is 7.39. The van der Waals surface area contributed by atoms with Gasteiger partial charge >= 0.3 is 11.9 Å². The molecule has 1 saturated carbocycles. The number of carbonyl (C=O) groups is 2. The highest BCUT2D eigenvalue weighted by atomic mass is 16.5. The second-order valence-electron chi connectivity index (χ2n) is 5.34. The number of carbonyl (C=O) groups excluding carboxylic acids is 2. The number of rotatable bonds is 6. The van der Waals surface area contributed by atoms with E-state index in [2.05, 4.69) is 0 Å². The molecule has 4 nitrogen and oxygen atoms in total. The lowest BCUT2D eigenvalue weighted by Gasteiger charge is -2.16. The SMILES string of the molecule is CC(C)C(C)OC(=O)CCC(=O)OC1CCCC1. The highest BCUT2D eigenvalue weighted by Gasteiger charge is 2.20. The normalized spacial score (nSPS) is 17.8. The predicted molar refractivity (Wildman–Crippen MR) is 68.0 cm³/mol. The Morgan fingerprint density at radius 1 is 1.06 bits per heavy atom. The summed E-state index contributed by atoms with van der Waals surface area (Å²) in [6.07, 6.45) is 4.38. The Kier molecular flexibility index (Phi) is 6.16. The molecule has 1 unspecified atom stereocenters. The fourth-order valence-corrected chi connectivity index (χ4v) is 1.86. The summed E-state index contributed by atoms with van der Waals surface area (Å²) in [4.78, 5) is 23.0. The minimum atomic E-state index is -0.320. The summed E-state index contributed by atoms with van der Waals surface area (Å²) in [6, 6.07) is 0. The van der Waals surface area contributed by atoms with Crippen LogP contribution in [0.25, 0.3) is 0 Å². The van der Waals surface area contributed by atoms with Crippen LogP contribution >= 0.6 is 0 Å². The van der Waals surface area contributed by atoms with E-state index in [0.717, 1.165) is 25.7 Å². The molecule has 0 heterocycles. The average molecular weight is 256 g/mol. The van der Waals surface area contributed by atoms with Crippen molar-refractivity contribution in [2.45, 2.75) is 71.5 Å². The molecule has 18 heavy (non-hydrogen) atoms. The molecule has 0 aromatic carbocycles. The Hall–Kier alpha value is -1.06. The first-order valence-corrected chi connectivity index (χ1v) is 6.88. The van der Waals surface area contributed by atoms with Gasteiger partial charge in [0, 0.05) is 0 Å². The van der Waals surface area contributed by atoms with Gasteiger partial charge in [0.1, 0.15) is 12.2 Å². The van der Waals surface area contributed by atoms with Gasteiger partial charge in [-0.2, -0.15) is 0 Å². The Morgan fingerprint density at radius 2 is 1.61 bits per heavy atom. The summed E-state index contributed by atoms with van der Waals surface area (Å²) < 4.78 is 10.5. The molecule has 1 rings (SSSR count). The molecule has 1 aliphatic carbocycles. The molecule has 1 aliphatic rings. The van der Waals surface area contributed by atoms with Crippen molar-refractivity contribution >= 4 is 11.9 Å². The van der Waals surface area contributed by atoms with Crippen LogP contribution in [0.1, 0.15) is 59.3 Å². The second-order valence-corrected chi connectivity index (χ2v) is 5.34. The Labute approximate surface area is 109 Å². The molecule has 0 spiro atoms. The molecular weight excluding hydrogens is 232 g/mol. The van der Waals surface area contributed by atoms with E-state index < -0.39 is 0 Å². The molecule has 4 heteroatoms. The maximum atomic E-state index is 11.5. The van der Waals surface area contributed by atoms with Crippen LogP contribution < -0.4 is 0 Å². The van der Waals surface area contributed by atoms with Crippen molar-refractivity contribution in [3.05, 3.63) is 0 Å². The van der Waals surface area contributed by atoms with E-state index in [4.69, 9.17) is 9.47 Å². The summed E-state index contributed by atoms with van der Waals surface area (Å²) >= 11 is 0. The van der Waals surface area contributed by atoms with Gasteiger partial charge < -0.3 is 9.47 Å². The molecular formula is C14H24O4. The van der Waals surface area contributed by atoms with Crippen LogP contribution in [0.15, 0.2) is 0 Å². The fraction of sp³-hybridized carbons (Fsp3) is 0.857. The third-order valence-electron chi connectivity index (χ3n) is 3.39. The first-order chi connectivity index (χ1) is 8.49. The maximum Gasteiger partial charge on any atom is 0.306 e. The molecule has 0 saturated heterocycles. The number of ether oxygens (including phenoxy) is 2. The van der Waals surface area contributed by atoms with E-state index in [-0.39, 0.29) is 37.0 Å². The van der Waals surface area contributed by atoms with E-state index in [1.165, 1.54) is 0 Å². The first kappa shape index (κ1) is 15.0. The van der Waals surface area contributed by atoms with Crippen molar-refractivity contribution < 1.29 is 19.1 Å². The summed E-state index contributed by atoms with van der Waals surface area (Å²) in [6.45, 7) is 5.85. The van der Waals surface area contributed by atoms with Crippen LogP contribution in [0.2, 0.25) is 0 Å². The topological polar surface area (TPSA) is 52.6 Å². The van der Waals surface area contributed by atoms with Crippen molar-refractivity contribution in [3.63, 3.8) is 0 Å². The average Bonchev–Trinajstić information content (AvgIpc) is 2.79. The van der Waals surface area contributed by atoms with Crippen LogP contribution in [0.3, 0.4) is 0 Å². The molecule has 104 valence electrons. The third kappa shape index (κ3) is 5.52. The van der Waals surface area contributed by atoms with Gasteiger partial charge in [0.25, 0.3) is 0 Å². The molecule has 0 aliphatic heterocycles. The van der Waals surface area contributed by atoms with Crippen molar-refractivity contribution in [3.8, 4) is 0 Å². The molecule has 0 aromatic heterocycles. The van der Waals surface area contributed by atoms with Crippen LogP contribution in [0.4, 0.5) is 0 Å². The van der Waals surface area contributed by atoms with Gasteiger partial charge in [-0.15, -0.1) is 0 Å². The van der Waals surface area contributed by atoms with Gasteiger partial charge in [-0.3, -0.25) is 9.59 Å². The van der Waals surface area contributed by atoms with Crippen molar-refractivity contribution in [2.75, 3.05) is 0 Å². The minimum absolute atomic E-state index is 0.0723. The number of hydrogen-bond acceptors (Lipinski definition) is 4. The smallest absolute Gasteiger partial charge is 0.306 e. The molecule has 0 radical (unpaired) electrons. The van der Waals surface area contributed by atoms with E-state index in [9.17, 15) is 9.59 Å². The lowest BCUT2D eigenvalue weighted by Crippen LogP contribution is -2.21. The molecule has 0 amide bonds. The van der Waals surface area contributed by atoms with E-state index in [1.54, 1.807) is 0 Å². The van der Waals surface area contributed by atoms with Crippen molar-refractivity contribution in [1.82, 2.24) is 0 Å². The van der Waals surface area contributed by atoms with E-state index in [1.807, 2.05) is 20.8 Å². The van der Waals surface area contributed by atoms with Crippen LogP contribution in [-0.2, 0) is 19.1 Å². The van der Waals surface area contributed by atoms with E-state index in [0.29, 0.717) is 5.92 Å². The lowest BCUT2D eigenvalue weighted by molar-refractivity contribution is -0.156. The van der Waals surface area contributed by atoms with E-state index >= 15 is 0 Å². The third-order valence-corrected chi connectivity index (χ3v) is 3.39. The standard InChI is InChI=1S/C14H24O4/c1-10(2)11(3)17-13(15)8-9-14(16)18-12-6-4-5-7-12/h10-12H,4-9H2,1-3H3. The minimum Gasteiger partial charge on any atom is -0.462 e. The summed E-state index contributed by atoms with van der Waals surface area (Å²) in [5.74, 6) is -0.310. The Bertz CT molecular complexity index is 264. The highest BCUT2D eigenvalue weighted by Crippen LogP contribution is 2.21. The zero-order valence-electron chi connectivity index (χ0n) is 11.6.